The van der Waals surface area contributed by atoms with E-state index >= 15 is 0 Å². The van der Waals surface area contributed by atoms with Gasteiger partial charge in [-0.3, -0.25) is 4.79 Å². The molecule has 0 bridgehead atoms. The molecule has 0 aromatic rings. The summed E-state index contributed by atoms with van der Waals surface area (Å²) in [6.45, 7) is 6.24. The molecule has 5 nitrogen and oxygen atoms in total. The SMILES string of the molecule is COCC(C)CC(=O)N[C@H](CC(C)C)C(=O)O. The van der Waals surface area contributed by atoms with Crippen LogP contribution in [-0.2, 0) is 14.3 Å². The van der Waals surface area contributed by atoms with Crippen LogP contribution in [0, 0.1) is 11.8 Å². The molecule has 5 heteroatoms. The number of carbonyl (C=O) groups is 2. The van der Waals surface area contributed by atoms with Crippen molar-refractivity contribution in [2.45, 2.75) is 39.7 Å². The third kappa shape index (κ3) is 7.74. The summed E-state index contributed by atoms with van der Waals surface area (Å²) in [6.07, 6.45) is 0.732. The molecule has 0 aliphatic rings. The summed E-state index contributed by atoms with van der Waals surface area (Å²) >= 11 is 0. The average molecular weight is 245 g/mol. The van der Waals surface area contributed by atoms with Gasteiger partial charge in [0.15, 0.2) is 0 Å². The van der Waals surface area contributed by atoms with Crippen molar-refractivity contribution in [3.63, 3.8) is 0 Å². The van der Waals surface area contributed by atoms with Crippen molar-refractivity contribution in [3.05, 3.63) is 0 Å². The number of amides is 1. The summed E-state index contributed by atoms with van der Waals surface area (Å²) in [6, 6.07) is -0.794. The Balaban J connectivity index is 4.17. The zero-order chi connectivity index (χ0) is 13.4. The number of hydrogen-bond donors (Lipinski definition) is 2. The van der Waals surface area contributed by atoms with Gasteiger partial charge in [-0.1, -0.05) is 20.8 Å². The molecule has 0 saturated carbocycles. The molecule has 0 aliphatic carbocycles. The van der Waals surface area contributed by atoms with Crippen LogP contribution in [0.25, 0.3) is 0 Å². The first-order valence-electron chi connectivity index (χ1n) is 5.87. The number of aliphatic carboxylic acids is 1. The number of hydrogen-bond acceptors (Lipinski definition) is 3. The average Bonchev–Trinajstić information content (AvgIpc) is 2.15. The maximum absolute atomic E-state index is 11.6. The summed E-state index contributed by atoms with van der Waals surface area (Å²) in [7, 11) is 1.58. The minimum atomic E-state index is -0.980. The standard InChI is InChI=1S/C12H23NO4/c1-8(2)5-10(12(15)16)13-11(14)6-9(3)7-17-4/h8-10H,5-7H2,1-4H3,(H,13,14)(H,15,16)/t9?,10-/m1/s1. The molecule has 0 heterocycles. The molecule has 2 atom stereocenters. The second-order valence-corrected chi connectivity index (χ2v) is 4.85. The molecule has 0 fully saturated rings. The fourth-order valence-corrected chi connectivity index (χ4v) is 1.61. The Morgan fingerprint density at radius 3 is 2.29 bits per heavy atom. The Kier molecular flexibility index (Phi) is 7.54. The number of carboxylic acid groups (broad SMARTS) is 1. The van der Waals surface area contributed by atoms with Crippen LogP contribution in [0.15, 0.2) is 0 Å². The van der Waals surface area contributed by atoms with Crippen LogP contribution in [0.4, 0.5) is 0 Å². The molecular formula is C12H23NO4. The lowest BCUT2D eigenvalue weighted by atomic mass is 10.0. The van der Waals surface area contributed by atoms with Crippen LogP contribution in [0.2, 0.25) is 0 Å². The van der Waals surface area contributed by atoms with E-state index in [2.05, 4.69) is 5.32 Å². The Hall–Kier alpha value is -1.10. The monoisotopic (exact) mass is 245 g/mol. The molecule has 0 saturated heterocycles. The summed E-state index contributed by atoms with van der Waals surface area (Å²) < 4.78 is 4.93. The van der Waals surface area contributed by atoms with Gasteiger partial charge < -0.3 is 15.2 Å². The third-order valence-corrected chi connectivity index (χ3v) is 2.33. The zero-order valence-corrected chi connectivity index (χ0v) is 11.0. The van der Waals surface area contributed by atoms with Crippen molar-refractivity contribution in [2.75, 3.05) is 13.7 Å². The topological polar surface area (TPSA) is 75.6 Å². The van der Waals surface area contributed by atoms with Crippen molar-refractivity contribution >= 4 is 11.9 Å². The smallest absolute Gasteiger partial charge is 0.326 e. The summed E-state index contributed by atoms with van der Waals surface area (Å²) in [4.78, 5) is 22.5. The second kappa shape index (κ2) is 8.06. The van der Waals surface area contributed by atoms with E-state index in [-0.39, 0.29) is 24.2 Å². The quantitative estimate of drug-likeness (QED) is 0.675. The Morgan fingerprint density at radius 1 is 1.29 bits per heavy atom. The Bertz CT molecular complexity index is 253. The normalized spacial score (nSPS) is 14.4. The van der Waals surface area contributed by atoms with Crippen LogP contribution in [0.5, 0.6) is 0 Å². The van der Waals surface area contributed by atoms with E-state index in [9.17, 15) is 9.59 Å². The van der Waals surface area contributed by atoms with Gasteiger partial charge in [0.1, 0.15) is 6.04 Å². The number of rotatable bonds is 8. The van der Waals surface area contributed by atoms with Gasteiger partial charge in [-0.05, 0) is 18.3 Å². The lowest BCUT2D eigenvalue weighted by Crippen LogP contribution is -2.42. The van der Waals surface area contributed by atoms with E-state index in [1.54, 1.807) is 7.11 Å². The maximum atomic E-state index is 11.6. The van der Waals surface area contributed by atoms with Crippen molar-refractivity contribution in [1.82, 2.24) is 5.32 Å². The summed E-state index contributed by atoms with van der Waals surface area (Å²) in [5.74, 6) is -0.893. The molecule has 0 spiro atoms. The van der Waals surface area contributed by atoms with Gasteiger partial charge in [0, 0.05) is 20.1 Å². The van der Waals surface area contributed by atoms with Crippen molar-refractivity contribution in [3.8, 4) is 0 Å². The van der Waals surface area contributed by atoms with Crippen LogP contribution in [0.1, 0.15) is 33.6 Å². The lowest BCUT2D eigenvalue weighted by molar-refractivity contribution is -0.142. The first kappa shape index (κ1) is 15.9. The van der Waals surface area contributed by atoms with E-state index in [1.807, 2.05) is 20.8 Å². The van der Waals surface area contributed by atoms with E-state index in [0.717, 1.165) is 0 Å². The fraction of sp³-hybridized carbons (Fsp3) is 0.833. The minimum absolute atomic E-state index is 0.0912. The molecule has 0 aliphatic heterocycles. The molecule has 0 aromatic heterocycles. The number of methoxy groups -OCH3 is 1. The largest absolute Gasteiger partial charge is 0.480 e. The second-order valence-electron chi connectivity index (χ2n) is 4.85. The number of nitrogens with one attached hydrogen (secondary N) is 1. The highest BCUT2D eigenvalue weighted by atomic mass is 16.5. The molecule has 0 radical (unpaired) electrons. The van der Waals surface area contributed by atoms with E-state index in [1.165, 1.54) is 0 Å². The van der Waals surface area contributed by atoms with Gasteiger partial charge in [0.05, 0.1) is 0 Å². The molecule has 0 aromatic carbocycles. The lowest BCUT2D eigenvalue weighted by Gasteiger charge is -2.17. The van der Waals surface area contributed by atoms with Crippen molar-refractivity contribution < 1.29 is 19.4 Å². The molecular weight excluding hydrogens is 222 g/mol. The Labute approximate surface area is 103 Å². The van der Waals surface area contributed by atoms with Gasteiger partial charge in [-0.15, -0.1) is 0 Å². The first-order chi connectivity index (χ1) is 7.86. The maximum Gasteiger partial charge on any atom is 0.326 e. The van der Waals surface area contributed by atoms with Gasteiger partial charge in [0.25, 0.3) is 0 Å². The predicted octanol–water partition coefficient (Wildman–Crippen LogP) is 1.27. The molecule has 2 N–H and O–H groups in total. The van der Waals surface area contributed by atoms with Gasteiger partial charge in [0.2, 0.25) is 5.91 Å². The number of carboxylic acids is 1. The molecule has 1 amide bonds. The van der Waals surface area contributed by atoms with E-state index < -0.39 is 12.0 Å². The highest BCUT2D eigenvalue weighted by molar-refractivity contribution is 5.83. The zero-order valence-electron chi connectivity index (χ0n) is 11.0. The van der Waals surface area contributed by atoms with Gasteiger partial charge >= 0.3 is 5.97 Å². The Morgan fingerprint density at radius 2 is 1.88 bits per heavy atom. The van der Waals surface area contributed by atoms with E-state index in [0.29, 0.717) is 13.0 Å². The number of ether oxygens (including phenoxy) is 1. The minimum Gasteiger partial charge on any atom is -0.480 e. The van der Waals surface area contributed by atoms with Crippen molar-refractivity contribution in [1.29, 1.82) is 0 Å². The van der Waals surface area contributed by atoms with Crippen LogP contribution in [-0.4, -0.2) is 36.7 Å². The first-order valence-corrected chi connectivity index (χ1v) is 5.87. The van der Waals surface area contributed by atoms with Gasteiger partial charge in [-0.25, -0.2) is 4.79 Å². The highest BCUT2D eigenvalue weighted by Crippen LogP contribution is 2.07. The molecule has 100 valence electrons. The van der Waals surface area contributed by atoms with Crippen LogP contribution < -0.4 is 5.32 Å². The number of carbonyl (C=O) groups excluding carboxylic acids is 1. The fourth-order valence-electron chi connectivity index (χ4n) is 1.61. The molecule has 17 heavy (non-hydrogen) atoms. The summed E-state index contributed by atoms with van der Waals surface area (Å²) in [5.41, 5.74) is 0. The van der Waals surface area contributed by atoms with Gasteiger partial charge in [-0.2, -0.15) is 0 Å². The van der Waals surface area contributed by atoms with Crippen LogP contribution in [0.3, 0.4) is 0 Å². The van der Waals surface area contributed by atoms with Crippen molar-refractivity contribution in [2.24, 2.45) is 11.8 Å². The van der Waals surface area contributed by atoms with Crippen LogP contribution >= 0.6 is 0 Å². The molecule has 1 unspecified atom stereocenters. The molecule has 0 rings (SSSR count). The third-order valence-electron chi connectivity index (χ3n) is 2.33. The predicted molar refractivity (Wildman–Crippen MR) is 64.7 cm³/mol. The summed E-state index contributed by atoms with van der Waals surface area (Å²) in [5, 5.41) is 11.5. The highest BCUT2D eigenvalue weighted by Gasteiger charge is 2.21. The van der Waals surface area contributed by atoms with E-state index in [4.69, 9.17) is 9.84 Å².